The summed E-state index contributed by atoms with van der Waals surface area (Å²) in [4.78, 5) is 38.3. The summed E-state index contributed by atoms with van der Waals surface area (Å²) in [6.45, 7) is 13.6. The summed E-state index contributed by atoms with van der Waals surface area (Å²) in [6, 6.07) is 0. The Hall–Kier alpha value is -1.39. The van der Waals surface area contributed by atoms with Crippen molar-refractivity contribution in [2.24, 2.45) is 52.3 Å². The first-order valence-corrected chi connectivity index (χ1v) is 15.0. The van der Waals surface area contributed by atoms with Crippen LogP contribution < -0.4 is 0 Å². The highest BCUT2D eigenvalue weighted by molar-refractivity contribution is 5.86. The zero-order valence-corrected chi connectivity index (χ0v) is 23.6. The molecule has 0 amide bonds. The van der Waals surface area contributed by atoms with Crippen LogP contribution in [0.2, 0.25) is 0 Å². The third-order valence-electron chi connectivity index (χ3n) is 11.6. The molecule has 0 aromatic carbocycles. The molecule has 0 aliphatic heterocycles. The van der Waals surface area contributed by atoms with E-state index in [1.54, 1.807) is 0 Å². The predicted octanol–water partition coefficient (Wildman–Crippen LogP) is 6.76. The first kappa shape index (κ1) is 27.6. The third-order valence-corrected chi connectivity index (χ3v) is 11.6. The van der Waals surface area contributed by atoms with Crippen LogP contribution in [-0.2, 0) is 23.9 Å². The zero-order valence-electron chi connectivity index (χ0n) is 23.6. The van der Waals surface area contributed by atoms with Gasteiger partial charge in [-0.15, -0.1) is 0 Å². The molecule has 204 valence electrons. The van der Waals surface area contributed by atoms with Crippen molar-refractivity contribution in [1.82, 2.24) is 0 Å². The van der Waals surface area contributed by atoms with Crippen molar-refractivity contribution in [2.45, 2.75) is 118 Å². The van der Waals surface area contributed by atoms with Crippen molar-refractivity contribution in [3.8, 4) is 0 Å². The van der Waals surface area contributed by atoms with Crippen molar-refractivity contribution in [2.75, 3.05) is 6.61 Å². The summed E-state index contributed by atoms with van der Waals surface area (Å²) < 4.78 is 11.0. The summed E-state index contributed by atoms with van der Waals surface area (Å²) >= 11 is 0. The summed E-state index contributed by atoms with van der Waals surface area (Å²) in [5.41, 5.74) is 0.337. The van der Waals surface area contributed by atoms with Gasteiger partial charge in [0.25, 0.3) is 0 Å². The van der Waals surface area contributed by atoms with Gasteiger partial charge >= 0.3 is 11.9 Å². The Morgan fingerprint density at radius 2 is 1.64 bits per heavy atom. The Morgan fingerprint density at radius 1 is 0.944 bits per heavy atom. The number of carbonyl (C=O) groups is 3. The third kappa shape index (κ3) is 4.66. The van der Waals surface area contributed by atoms with Gasteiger partial charge in [-0.1, -0.05) is 34.6 Å². The topological polar surface area (TPSA) is 69.7 Å². The summed E-state index contributed by atoms with van der Waals surface area (Å²) in [7, 11) is 0. The molecule has 8 unspecified atom stereocenters. The zero-order chi connectivity index (χ0) is 26.3. The average Bonchev–Trinajstić information content (AvgIpc) is 3.21. The molecule has 0 radical (unpaired) electrons. The lowest BCUT2D eigenvalue weighted by Crippen LogP contribution is -2.60. The molecule has 5 heteroatoms. The lowest BCUT2D eigenvalue weighted by molar-refractivity contribution is -0.179. The number of ketones is 1. The Morgan fingerprint density at radius 3 is 2.31 bits per heavy atom. The SMILES string of the molecule is CCOC(=O)CCC(C)C1CCC2C3C(=O)C(CC)C4CC(OC(=O)CC)CC[C@]4(C)C3CC[C@]12C. The average molecular weight is 503 g/mol. The molecule has 0 aromatic heterocycles. The van der Waals surface area contributed by atoms with E-state index in [0.717, 1.165) is 44.9 Å². The molecular weight excluding hydrogens is 452 g/mol. The largest absolute Gasteiger partial charge is 0.466 e. The van der Waals surface area contributed by atoms with Crippen LogP contribution in [0.1, 0.15) is 112 Å². The normalized spacial score (nSPS) is 42.6. The van der Waals surface area contributed by atoms with E-state index in [2.05, 4.69) is 27.7 Å². The maximum absolute atomic E-state index is 14.3. The molecule has 4 aliphatic carbocycles. The van der Waals surface area contributed by atoms with Crippen LogP contribution in [0, 0.1) is 52.3 Å². The maximum atomic E-state index is 14.3. The van der Waals surface area contributed by atoms with Crippen LogP contribution in [0.15, 0.2) is 0 Å². The molecule has 5 nitrogen and oxygen atoms in total. The van der Waals surface area contributed by atoms with Crippen LogP contribution in [0.4, 0.5) is 0 Å². The second kappa shape index (κ2) is 10.8. The lowest BCUT2D eigenvalue weighted by Gasteiger charge is -2.62. The first-order chi connectivity index (χ1) is 17.1. The highest BCUT2D eigenvalue weighted by Gasteiger charge is 2.65. The van der Waals surface area contributed by atoms with E-state index in [1.807, 2.05) is 13.8 Å². The molecule has 0 heterocycles. The monoisotopic (exact) mass is 502 g/mol. The van der Waals surface area contributed by atoms with Gasteiger partial charge in [-0.2, -0.15) is 0 Å². The minimum atomic E-state index is -0.112. The molecule has 4 aliphatic rings. The van der Waals surface area contributed by atoms with Gasteiger partial charge in [-0.3, -0.25) is 14.4 Å². The van der Waals surface area contributed by atoms with Crippen LogP contribution in [0.25, 0.3) is 0 Å². The Kier molecular flexibility index (Phi) is 8.27. The van der Waals surface area contributed by atoms with E-state index in [4.69, 9.17) is 9.47 Å². The number of carbonyl (C=O) groups excluding carboxylic acids is 3. The second-order valence-electron chi connectivity index (χ2n) is 13.1. The molecule has 0 bridgehead atoms. The quantitative estimate of drug-likeness (QED) is 0.343. The van der Waals surface area contributed by atoms with E-state index < -0.39 is 0 Å². The molecule has 4 rings (SSSR count). The van der Waals surface area contributed by atoms with Gasteiger partial charge in [-0.25, -0.2) is 0 Å². The van der Waals surface area contributed by atoms with Gasteiger partial charge < -0.3 is 9.47 Å². The number of esters is 2. The smallest absolute Gasteiger partial charge is 0.305 e. The van der Waals surface area contributed by atoms with Crippen molar-refractivity contribution < 1.29 is 23.9 Å². The molecule has 4 fully saturated rings. The van der Waals surface area contributed by atoms with Crippen molar-refractivity contribution in [3.63, 3.8) is 0 Å². The minimum Gasteiger partial charge on any atom is -0.466 e. The van der Waals surface area contributed by atoms with Gasteiger partial charge in [0, 0.05) is 24.7 Å². The number of hydrogen-bond acceptors (Lipinski definition) is 5. The Balaban J connectivity index is 1.53. The van der Waals surface area contributed by atoms with Crippen LogP contribution >= 0.6 is 0 Å². The fourth-order valence-corrected chi connectivity index (χ4v) is 9.75. The fraction of sp³-hybridized carbons (Fsp3) is 0.903. The molecule has 10 atom stereocenters. The van der Waals surface area contributed by atoms with E-state index in [9.17, 15) is 14.4 Å². The summed E-state index contributed by atoms with van der Waals surface area (Å²) in [5.74, 6) is 2.85. The van der Waals surface area contributed by atoms with Crippen molar-refractivity contribution in [1.29, 1.82) is 0 Å². The van der Waals surface area contributed by atoms with E-state index in [-0.39, 0.29) is 40.7 Å². The van der Waals surface area contributed by atoms with Gasteiger partial charge in [0.15, 0.2) is 0 Å². The van der Waals surface area contributed by atoms with Gasteiger partial charge in [0.1, 0.15) is 11.9 Å². The molecule has 0 aromatic rings. The van der Waals surface area contributed by atoms with Crippen LogP contribution in [0.3, 0.4) is 0 Å². The highest BCUT2D eigenvalue weighted by Crippen LogP contribution is 2.68. The molecule has 36 heavy (non-hydrogen) atoms. The van der Waals surface area contributed by atoms with Gasteiger partial charge in [0.2, 0.25) is 0 Å². The number of fused-ring (bicyclic) bond motifs is 5. The fourth-order valence-electron chi connectivity index (χ4n) is 9.75. The number of hydrogen-bond donors (Lipinski definition) is 0. The number of Topliss-reactive ketones (excluding diaryl/α,β-unsaturated/α-hetero) is 1. The van der Waals surface area contributed by atoms with E-state index in [0.29, 0.717) is 54.8 Å². The molecule has 0 saturated heterocycles. The van der Waals surface area contributed by atoms with Gasteiger partial charge in [-0.05, 0) is 105 Å². The maximum Gasteiger partial charge on any atom is 0.305 e. The summed E-state index contributed by atoms with van der Waals surface area (Å²) in [6.07, 6.45) is 10.1. The summed E-state index contributed by atoms with van der Waals surface area (Å²) in [5, 5.41) is 0. The standard InChI is InChI=1S/C31H50O5/c1-7-21-25-18-20(36-26(32)8-2)14-16-31(25,6)24-15-17-30(5)22(11-12-23(30)28(24)29(21)34)19(4)10-13-27(33)35-9-3/h19-25,28H,7-18H2,1-6H3/t19?,20?,21?,22?,23?,24?,25?,28?,30-,31-/m1/s1. The second-order valence-corrected chi connectivity index (χ2v) is 13.1. The number of ether oxygens (including phenoxy) is 2. The van der Waals surface area contributed by atoms with Crippen molar-refractivity contribution >= 4 is 17.7 Å². The van der Waals surface area contributed by atoms with Crippen LogP contribution in [-0.4, -0.2) is 30.4 Å². The predicted molar refractivity (Wildman–Crippen MR) is 140 cm³/mol. The van der Waals surface area contributed by atoms with Crippen molar-refractivity contribution in [3.05, 3.63) is 0 Å². The molecular formula is C31H50O5. The molecule has 4 saturated carbocycles. The highest BCUT2D eigenvalue weighted by atomic mass is 16.5. The lowest BCUT2D eigenvalue weighted by atomic mass is 9.42. The Labute approximate surface area is 218 Å². The van der Waals surface area contributed by atoms with E-state index in [1.165, 1.54) is 12.8 Å². The number of rotatable bonds is 8. The first-order valence-electron chi connectivity index (χ1n) is 15.0. The molecule has 0 spiro atoms. The Bertz CT molecular complexity index is 837. The minimum absolute atomic E-state index is 0.0288. The van der Waals surface area contributed by atoms with Gasteiger partial charge in [0.05, 0.1) is 6.61 Å². The molecule has 0 N–H and O–H groups in total. The van der Waals surface area contributed by atoms with E-state index >= 15 is 0 Å². The van der Waals surface area contributed by atoms with Crippen LogP contribution in [0.5, 0.6) is 0 Å².